The van der Waals surface area contributed by atoms with Crippen LogP contribution in [0, 0.1) is 5.82 Å². The molecule has 2 heterocycles. The molecule has 2 rings (SSSR count). The van der Waals surface area contributed by atoms with E-state index in [1.54, 1.807) is 12.1 Å². The van der Waals surface area contributed by atoms with Crippen LogP contribution in [0.1, 0.15) is 5.56 Å². The zero-order chi connectivity index (χ0) is 13.0. The molecular formula is C11H10FN5O. The highest BCUT2D eigenvalue weighted by Gasteiger charge is 2.10. The molecule has 6 nitrogen and oxygen atoms in total. The Morgan fingerprint density at radius 1 is 1.50 bits per heavy atom. The summed E-state index contributed by atoms with van der Waals surface area (Å²) in [6.45, 7) is 0.172. The molecule has 0 fully saturated rings. The summed E-state index contributed by atoms with van der Waals surface area (Å²) in [6.07, 6.45) is 1.41. The first-order chi connectivity index (χ1) is 8.76. The molecule has 0 aliphatic rings. The second-order valence-corrected chi connectivity index (χ2v) is 3.51. The molecule has 2 aromatic rings. The Labute approximate surface area is 102 Å². The normalized spacial score (nSPS) is 10.1. The molecule has 18 heavy (non-hydrogen) atoms. The third kappa shape index (κ3) is 2.31. The Morgan fingerprint density at radius 2 is 2.33 bits per heavy atom. The van der Waals surface area contributed by atoms with Crippen LogP contribution in [0.25, 0.3) is 21.5 Å². The Morgan fingerprint density at radius 3 is 3.06 bits per heavy atom. The lowest BCUT2D eigenvalue weighted by atomic mass is 10.1. The maximum atomic E-state index is 13.7. The fourth-order valence-electron chi connectivity index (χ4n) is 1.64. The number of hydrogen-bond donors (Lipinski definition) is 0. The third-order valence-electron chi connectivity index (χ3n) is 2.47. The largest absolute Gasteiger partial charge is 0.481 e. The first-order valence-corrected chi connectivity index (χ1v) is 5.25. The zero-order valence-electron chi connectivity index (χ0n) is 9.67. The number of halogens is 1. The Balaban J connectivity index is 2.52. The molecule has 92 valence electrons. The van der Waals surface area contributed by atoms with Crippen molar-refractivity contribution in [2.45, 2.75) is 6.42 Å². The van der Waals surface area contributed by atoms with E-state index in [2.05, 4.69) is 20.0 Å². The molecule has 2 aromatic heterocycles. The van der Waals surface area contributed by atoms with Gasteiger partial charge in [-0.1, -0.05) is 5.11 Å². The summed E-state index contributed by atoms with van der Waals surface area (Å²) in [7, 11) is 1.49. The van der Waals surface area contributed by atoms with Gasteiger partial charge >= 0.3 is 0 Å². The number of pyridine rings is 2. The van der Waals surface area contributed by atoms with Crippen LogP contribution in [-0.2, 0) is 6.42 Å². The molecule has 0 amide bonds. The van der Waals surface area contributed by atoms with Crippen molar-refractivity contribution < 1.29 is 9.13 Å². The first kappa shape index (κ1) is 12.1. The number of aromatic nitrogens is 2. The molecule has 0 saturated carbocycles. The monoisotopic (exact) mass is 247 g/mol. The molecule has 0 atom stereocenters. The van der Waals surface area contributed by atoms with Crippen molar-refractivity contribution in [2.75, 3.05) is 13.7 Å². The number of hydrogen-bond acceptors (Lipinski definition) is 4. The van der Waals surface area contributed by atoms with Crippen LogP contribution in [0.5, 0.6) is 5.88 Å². The average molecular weight is 247 g/mol. The van der Waals surface area contributed by atoms with Gasteiger partial charge in [0.25, 0.3) is 0 Å². The summed E-state index contributed by atoms with van der Waals surface area (Å²) in [5.74, 6) is -0.0728. The zero-order valence-corrected chi connectivity index (χ0v) is 9.67. The highest BCUT2D eigenvalue weighted by molar-refractivity contribution is 5.78. The highest BCUT2D eigenvalue weighted by atomic mass is 19.1. The van der Waals surface area contributed by atoms with Crippen molar-refractivity contribution in [2.24, 2.45) is 5.11 Å². The Hall–Kier alpha value is -2.40. The van der Waals surface area contributed by atoms with E-state index in [0.29, 0.717) is 22.5 Å². The number of nitrogens with zero attached hydrogens (tertiary/aromatic N) is 5. The number of ether oxygens (including phenoxy) is 1. The molecule has 0 aliphatic carbocycles. The quantitative estimate of drug-likeness (QED) is 0.473. The average Bonchev–Trinajstić information content (AvgIpc) is 2.41. The van der Waals surface area contributed by atoms with Crippen LogP contribution >= 0.6 is 0 Å². The summed E-state index contributed by atoms with van der Waals surface area (Å²) in [5, 5.41) is 3.39. The molecule has 0 radical (unpaired) electrons. The topological polar surface area (TPSA) is 83.8 Å². The summed E-state index contributed by atoms with van der Waals surface area (Å²) in [5.41, 5.74) is 9.62. The molecule has 0 unspecified atom stereocenters. The van der Waals surface area contributed by atoms with Gasteiger partial charge in [-0.2, -0.15) is 0 Å². The minimum atomic E-state index is -0.462. The lowest BCUT2D eigenvalue weighted by Gasteiger charge is -2.06. The first-order valence-electron chi connectivity index (χ1n) is 5.25. The minimum Gasteiger partial charge on any atom is -0.481 e. The van der Waals surface area contributed by atoms with Gasteiger partial charge < -0.3 is 4.74 Å². The summed E-state index contributed by atoms with van der Waals surface area (Å²) in [6, 6.07) is 3.36. The summed E-state index contributed by atoms with van der Waals surface area (Å²) < 4.78 is 18.7. The van der Waals surface area contributed by atoms with Gasteiger partial charge in [-0.25, -0.2) is 9.37 Å². The maximum absolute atomic E-state index is 13.7. The molecule has 0 aromatic carbocycles. The van der Waals surface area contributed by atoms with E-state index in [1.807, 2.05) is 0 Å². The fraction of sp³-hybridized carbons (Fsp3) is 0.273. The van der Waals surface area contributed by atoms with Crippen molar-refractivity contribution in [3.63, 3.8) is 0 Å². The van der Waals surface area contributed by atoms with Gasteiger partial charge in [0.2, 0.25) is 5.88 Å². The van der Waals surface area contributed by atoms with Crippen LogP contribution in [0.3, 0.4) is 0 Å². The Kier molecular flexibility index (Phi) is 3.54. The standard InChI is InChI=1S/C11H10FN5O/c1-18-10-3-2-9-11(16-10)7(4-5-15-17-13)8(12)6-14-9/h2-3,6H,4-5H2,1H3. The van der Waals surface area contributed by atoms with Crippen molar-refractivity contribution in [1.29, 1.82) is 0 Å². The van der Waals surface area contributed by atoms with E-state index in [0.717, 1.165) is 6.20 Å². The van der Waals surface area contributed by atoms with Gasteiger partial charge in [-0.05, 0) is 18.0 Å². The van der Waals surface area contributed by atoms with E-state index in [4.69, 9.17) is 10.3 Å². The van der Waals surface area contributed by atoms with Gasteiger partial charge in [-0.15, -0.1) is 0 Å². The van der Waals surface area contributed by atoms with Crippen LogP contribution in [0.15, 0.2) is 23.4 Å². The molecular weight excluding hydrogens is 237 g/mol. The molecule has 7 heteroatoms. The highest BCUT2D eigenvalue weighted by Crippen LogP contribution is 2.21. The van der Waals surface area contributed by atoms with E-state index in [-0.39, 0.29) is 13.0 Å². The lowest BCUT2D eigenvalue weighted by Crippen LogP contribution is -2.00. The van der Waals surface area contributed by atoms with Crippen molar-refractivity contribution in [3.05, 3.63) is 40.2 Å². The third-order valence-corrected chi connectivity index (χ3v) is 2.47. The number of methoxy groups -OCH3 is 1. The summed E-state index contributed by atoms with van der Waals surface area (Å²) in [4.78, 5) is 10.8. The van der Waals surface area contributed by atoms with Gasteiger partial charge in [0.05, 0.1) is 24.3 Å². The van der Waals surface area contributed by atoms with Crippen LogP contribution < -0.4 is 4.74 Å². The maximum Gasteiger partial charge on any atom is 0.213 e. The molecule has 0 aliphatic heterocycles. The predicted octanol–water partition coefficient (Wildman–Crippen LogP) is 2.63. The van der Waals surface area contributed by atoms with Gasteiger partial charge in [0.1, 0.15) is 5.82 Å². The smallest absolute Gasteiger partial charge is 0.213 e. The van der Waals surface area contributed by atoms with E-state index < -0.39 is 5.82 Å². The number of rotatable bonds is 4. The van der Waals surface area contributed by atoms with Crippen LogP contribution in [0.2, 0.25) is 0 Å². The van der Waals surface area contributed by atoms with Crippen molar-refractivity contribution in [3.8, 4) is 5.88 Å². The lowest BCUT2D eigenvalue weighted by molar-refractivity contribution is 0.399. The van der Waals surface area contributed by atoms with Crippen LogP contribution in [0.4, 0.5) is 4.39 Å². The van der Waals surface area contributed by atoms with E-state index >= 15 is 0 Å². The predicted molar refractivity (Wildman–Crippen MR) is 63.8 cm³/mol. The molecule has 0 bridgehead atoms. The molecule has 0 spiro atoms. The summed E-state index contributed by atoms with van der Waals surface area (Å²) >= 11 is 0. The van der Waals surface area contributed by atoms with E-state index in [9.17, 15) is 4.39 Å². The van der Waals surface area contributed by atoms with Crippen molar-refractivity contribution in [1.82, 2.24) is 9.97 Å². The molecule has 0 N–H and O–H groups in total. The van der Waals surface area contributed by atoms with Crippen LogP contribution in [-0.4, -0.2) is 23.6 Å². The van der Waals surface area contributed by atoms with Crippen molar-refractivity contribution >= 4 is 11.0 Å². The fourth-order valence-corrected chi connectivity index (χ4v) is 1.64. The van der Waals surface area contributed by atoms with Gasteiger partial charge in [-0.3, -0.25) is 4.98 Å². The Bertz CT molecular complexity index is 624. The van der Waals surface area contributed by atoms with Gasteiger partial charge in [0, 0.05) is 23.1 Å². The van der Waals surface area contributed by atoms with Gasteiger partial charge in [0.15, 0.2) is 0 Å². The minimum absolute atomic E-state index is 0.172. The number of azide groups is 1. The van der Waals surface area contributed by atoms with E-state index in [1.165, 1.54) is 7.11 Å². The second-order valence-electron chi connectivity index (χ2n) is 3.51. The second kappa shape index (κ2) is 5.29. The molecule has 0 saturated heterocycles. The SMILES string of the molecule is COc1ccc2ncc(F)c(CCN=[N+]=[N-])c2n1. The number of fused-ring (bicyclic) bond motifs is 1.